The highest BCUT2D eigenvalue weighted by Gasteiger charge is 2.12. The average molecular weight is 250 g/mol. The summed E-state index contributed by atoms with van der Waals surface area (Å²) in [5.41, 5.74) is 1.08. The number of piperidine rings is 1. The summed E-state index contributed by atoms with van der Waals surface area (Å²) in [7, 11) is 3.31. The SMILES string of the molecule is COc1ccc(NCC2CCCNC2)cc1OC. The van der Waals surface area contributed by atoms with E-state index in [9.17, 15) is 0 Å². The summed E-state index contributed by atoms with van der Waals surface area (Å²) in [6, 6.07) is 5.94. The molecule has 100 valence electrons. The molecule has 1 fully saturated rings. The first-order chi connectivity index (χ1) is 8.83. The van der Waals surface area contributed by atoms with Crippen LogP contribution in [0.5, 0.6) is 11.5 Å². The van der Waals surface area contributed by atoms with Crippen LogP contribution in [0, 0.1) is 5.92 Å². The fourth-order valence-corrected chi connectivity index (χ4v) is 2.31. The van der Waals surface area contributed by atoms with Gasteiger partial charge in [-0.05, 0) is 44.0 Å². The third kappa shape index (κ3) is 3.29. The van der Waals surface area contributed by atoms with Crippen molar-refractivity contribution in [1.29, 1.82) is 0 Å². The van der Waals surface area contributed by atoms with E-state index in [0.717, 1.165) is 36.8 Å². The number of methoxy groups -OCH3 is 2. The predicted octanol–water partition coefficient (Wildman–Crippen LogP) is 2.12. The number of hydrogen-bond donors (Lipinski definition) is 2. The smallest absolute Gasteiger partial charge is 0.162 e. The normalized spacial score (nSPS) is 19.3. The van der Waals surface area contributed by atoms with Crippen molar-refractivity contribution >= 4 is 5.69 Å². The summed E-state index contributed by atoms with van der Waals surface area (Å²) in [6.07, 6.45) is 2.57. The Balaban J connectivity index is 1.92. The van der Waals surface area contributed by atoms with Crippen molar-refractivity contribution in [2.24, 2.45) is 5.92 Å². The first kappa shape index (κ1) is 13.0. The Morgan fingerprint density at radius 1 is 1.28 bits per heavy atom. The summed E-state index contributed by atoms with van der Waals surface area (Å²) in [4.78, 5) is 0. The minimum absolute atomic E-state index is 0.715. The van der Waals surface area contributed by atoms with Crippen molar-refractivity contribution in [3.63, 3.8) is 0 Å². The summed E-state index contributed by atoms with van der Waals surface area (Å²) >= 11 is 0. The quantitative estimate of drug-likeness (QED) is 0.840. The van der Waals surface area contributed by atoms with Crippen molar-refractivity contribution in [2.45, 2.75) is 12.8 Å². The third-order valence-electron chi connectivity index (χ3n) is 3.38. The lowest BCUT2D eigenvalue weighted by molar-refractivity contribution is 0.355. The summed E-state index contributed by atoms with van der Waals surface area (Å²) in [5.74, 6) is 2.25. The van der Waals surface area contributed by atoms with Gasteiger partial charge in [0.1, 0.15) is 0 Å². The van der Waals surface area contributed by atoms with E-state index in [0.29, 0.717) is 5.92 Å². The van der Waals surface area contributed by atoms with E-state index in [1.165, 1.54) is 12.8 Å². The van der Waals surface area contributed by atoms with Crippen LogP contribution >= 0.6 is 0 Å². The maximum absolute atomic E-state index is 5.29. The van der Waals surface area contributed by atoms with E-state index >= 15 is 0 Å². The van der Waals surface area contributed by atoms with Gasteiger partial charge in [-0.15, -0.1) is 0 Å². The van der Waals surface area contributed by atoms with E-state index < -0.39 is 0 Å². The molecule has 18 heavy (non-hydrogen) atoms. The van der Waals surface area contributed by atoms with Crippen LogP contribution in [0.2, 0.25) is 0 Å². The molecule has 1 aromatic rings. The van der Waals surface area contributed by atoms with Crippen LogP contribution in [0.3, 0.4) is 0 Å². The Kier molecular flexibility index (Phi) is 4.70. The lowest BCUT2D eigenvalue weighted by Gasteiger charge is -2.23. The second-order valence-corrected chi connectivity index (χ2v) is 4.66. The standard InChI is InChI=1S/C14H22N2O2/c1-17-13-6-5-12(8-14(13)18-2)16-10-11-4-3-7-15-9-11/h5-6,8,11,15-16H,3-4,7,9-10H2,1-2H3. The van der Waals surface area contributed by atoms with Gasteiger partial charge in [-0.25, -0.2) is 0 Å². The van der Waals surface area contributed by atoms with Gasteiger partial charge in [0.15, 0.2) is 11.5 Å². The number of ether oxygens (including phenoxy) is 2. The van der Waals surface area contributed by atoms with E-state index in [-0.39, 0.29) is 0 Å². The molecule has 4 heteroatoms. The maximum Gasteiger partial charge on any atom is 0.162 e. The van der Waals surface area contributed by atoms with Gasteiger partial charge >= 0.3 is 0 Å². The van der Waals surface area contributed by atoms with Crippen LogP contribution in [-0.4, -0.2) is 33.9 Å². The Bertz CT molecular complexity index is 376. The molecular weight excluding hydrogens is 228 g/mol. The largest absolute Gasteiger partial charge is 0.493 e. The fourth-order valence-electron chi connectivity index (χ4n) is 2.31. The highest BCUT2D eigenvalue weighted by molar-refractivity contribution is 5.54. The zero-order valence-electron chi connectivity index (χ0n) is 11.2. The van der Waals surface area contributed by atoms with Crippen LogP contribution in [0.25, 0.3) is 0 Å². The molecular formula is C14H22N2O2. The zero-order valence-corrected chi connectivity index (χ0v) is 11.2. The number of hydrogen-bond acceptors (Lipinski definition) is 4. The molecule has 0 aromatic heterocycles. The van der Waals surface area contributed by atoms with Gasteiger partial charge < -0.3 is 20.1 Å². The molecule has 1 heterocycles. The van der Waals surface area contributed by atoms with Gasteiger partial charge in [0.05, 0.1) is 14.2 Å². The lowest BCUT2D eigenvalue weighted by atomic mass is 10.00. The minimum Gasteiger partial charge on any atom is -0.493 e. The van der Waals surface area contributed by atoms with Gasteiger partial charge in [0.25, 0.3) is 0 Å². The van der Waals surface area contributed by atoms with Crippen LogP contribution in [0.4, 0.5) is 5.69 Å². The summed E-state index contributed by atoms with van der Waals surface area (Å²) < 4.78 is 10.5. The topological polar surface area (TPSA) is 42.5 Å². The second kappa shape index (κ2) is 6.50. The van der Waals surface area contributed by atoms with E-state index in [4.69, 9.17) is 9.47 Å². The predicted molar refractivity (Wildman–Crippen MR) is 73.6 cm³/mol. The number of benzene rings is 1. The molecule has 0 amide bonds. The monoisotopic (exact) mass is 250 g/mol. The molecule has 0 spiro atoms. The Labute approximate surface area is 109 Å². The fraction of sp³-hybridized carbons (Fsp3) is 0.571. The van der Waals surface area contributed by atoms with Crippen molar-refractivity contribution < 1.29 is 9.47 Å². The first-order valence-electron chi connectivity index (χ1n) is 6.50. The molecule has 0 radical (unpaired) electrons. The van der Waals surface area contributed by atoms with Crippen LogP contribution in [-0.2, 0) is 0 Å². The molecule has 0 saturated carbocycles. The van der Waals surface area contributed by atoms with Gasteiger partial charge in [0.2, 0.25) is 0 Å². The summed E-state index contributed by atoms with van der Waals surface area (Å²) in [6.45, 7) is 3.27. The molecule has 1 saturated heterocycles. The van der Waals surface area contributed by atoms with Gasteiger partial charge in [-0.1, -0.05) is 0 Å². The Morgan fingerprint density at radius 3 is 2.78 bits per heavy atom. The van der Waals surface area contributed by atoms with E-state index in [1.54, 1.807) is 14.2 Å². The molecule has 4 nitrogen and oxygen atoms in total. The molecule has 1 unspecified atom stereocenters. The Hall–Kier alpha value is -1.42. The molecule has 1 aliphatic heterocycles. The number of rotatable bonds is 5. The van der Waals surface area contributed by atoms with Crippen molar-refractivity contribution in [3.05, 3.63) is 18.2 Å². The zero-order chi connectivity index (χ0) is 12.8. The first-order valence-corrected chi connectivity index (χ1v) is 6.50. The average Bonchev–Trinajstić information content (AvgIpc) is 2.45. The van der Waals surface area contributed by atoms with Gasteiger partial charge in [0, 0.05) is 18.3 Å². The highest BCUT2D eigenvalue weighted by Crippen LogP contribution is 2.29. The molecule has 0 aliphatic carbocycles. The molecule has 1 atom stereocenters. The molecule has 0 bridgehead atoms. The summed E-state index contributed by atoms with van der Waals surface area (Å²) in [5, 5.41) is 6.89. The maximum atomic E-state index is 5.29. The van der Waals surface area contributed by atoms with Gasteiger partial charge in [-0.3, -0.25) is 0 Å². The molecule has 2 rings (SSSR count). The number of anilines is 1. The van der Waals surface area contributed by atoms with Gasteiger partial charge in [-0.2, -0.15) is 0 Å². The molecule has 1 aliphatic rings. The van der Waals surface area contributed by atoms with E-state index in [2.05, 4.69) is 10.6 Å². The molecule has 1 aromatic carbocycles. The lowest BCUT2D eigenvalue weighted by Crippen LogP contribution is -2.33. The highest BCUT2D eigenvalue weighted by atomic mass is 16.5. The van der Waals surface area contributed by atoms with Crippen molar-refractivity contribution in [2.75, 3.05) is 39.2 Å². The second-order valence-electron chi connectivity index (χ2n) is 4.66. The van der Waals surface area contributed by atoms with Crippen molar-refractivity contribution in [3.8, 4) is 11.5 Å². The third-order valence-corrected chi connectivity index (χ3v) is 3.38. The minimum atomic E-state index is 0.715. The number of nitrogens with one attached hydrogen (secondary N) is 2. The van der Waals surface area contributed by atoms with E-state index in [1.807, 2.05) is 18.2 Å². The van der Waals surface area contributed by atoms with Crippen LogP contribution in [0.1, 0.15) is 12.8 Å². The molecule has 2 N–H and O–H groups in total. The Morgan fingerprint density at radius 2 is 2.11 bits per heavy atom. The van der Waals surface area contributed by atoms with Crippen LogP contribution < -0.4 is 20.1 Å². The van der Waals surface area contributed by atoms with Crippen LogP contribution in [0.15, 0.2) is 18.2 Å². The van der Waals surface area contributed by atoms with Crippen molar-refractivity contribution in [1.82, 2.24) is 5.32 Å².